The standard InChI is InChI=1S/C25H20N2O4/c1-29-25(28)24(27-30-2)21-11-7-6-10-20(21)22-16-23(31-26-22)19-14-12-18(13-15-19)17-8-4-3-5-9-17/h3-16H,1-2H3. The first-order valence-electron chi connectivity index (χ1n) is 9.63. The Hall–Kier alpha value is -4.19. The molecule has 0 N–H and O–H groups in total. The van der Waals surface area contributed by atoms with E-state index in [0.29, 0.717) is 22.6 Å². The summed E-state index contributed by atoms with van der Waals surface area (Å²) in [6, 6.07) is 27.3. The summed E-state index contributed by atoms with van der Waals surface area (Å²) in [6.45, 7) is 0. The Morgan fingerprint density at radius 2 is 1.48 bits per heavy atom. The number of hydrogen-bond acceptors (Lipinski definition) is 6. The van der Waals surface area contributed by atoms with Crippen LogP contribution in [0.2, 0.25) is 0 Å². The van der Waals surface area contributed by atoms with Crippen LogP contribution in [-0.4, -0.2) is 31.1 Å². The molecule has 4 rings (SSSR count). The third kappa shape index (κ3) is 4.23. The highest BCUT2D eigenvalue weighted by Crippen LogP contribution is 2.30. The van der Waals surface area contributed by atoms with Gasteiger partial charge in [0.1, 0.15) is 12.8 Å². The van der Waals surface area contributed by atoms with Gasteiger partial charge in [-0.2, -0.15) is 0 Å². The second kappa shape index (κ2) is 9.09. The SMILES string of the molecule is CON=C(C(=O)OC)c1ccccc1-c1cc(-c2ccc(-c3ccccc3)cc2)on1. The van der Waals surface area contributed by atoms with Gasteiger partial charge < -0.3 is 14.1 Å². The number of aromatic nitrogens is 1. The Kier molecular flexibility index (Phi) is 5.89. The van der Waals surface area contributed by atoms with Gasteiger partial charge in [0, 0.05) is 22.8 Å². The molecule has 0 spiro atoms. The summed E-state index contributed by atoms with van der Waals surface area (Å²) in [6.07, 6.45) is 0. The Labute approximate surface area is 179 Å². The Morgan fingerprint density at radius 1 is 0.839 bits per heavy atom. The van der Waals surface area contributed by atoms with Crippen molar-refractivity contribution >= 4 is 11.7 Å². The molecule has 0 unspecified atom stereocenters. The van der Waals surface area contributed by atoms with Crippen molar-refractivity contribution in [2.75, 3.05) is 14.2 Å². The van der Waals surface area contributed by atoms with Crippen molar-refractivity contribution in [2.45, 2.75) is 0 Å². The molecule has 0 fully saturated rings. The Bertz CT molecular complexity index is 1210. The summed E-state index contributed by atoms with van der Waals surface area (Å²) in [7, 11) is 2.67. The van der Waals surface area contributed by atoms with Gasteiger partial charge in [-0.25, -0.2) is 4.79 Å². The van der Waals surface area contributed by atoms with Crippen LogP contribution in [-0.2, 0) is 14.4 Å². The molecular formula is C25H20N2O4. The van der Waals surface area contributed by atoms with E-state index in [1.165, 1.54) is 14.2 Å². The summed E-state index contributed by atoms with van der Waals surface area (Å²) in [5, 5.41) is 8.05. The first-order chi connectivity index (χ1) is 15.2. The molecule has 1 heterocycles. The predicted molar refractivity (Wildman–Crippen MR) is 118 cm³/mol. The molecule has 0 aliphatic carbocycles. The number of hydrogen-bond donors (Lipinski definition) is 0. The number of ether oxygens (including phenoxy) is 1. The van der Waals surface area contributed by atoms with Crippen molar-refractivity contribution in [2.24, 2.45) is 5.16 Å². The second-order valence-corrected chi connectivity index (χ2v) is 6.68. The van der Waals surface area contributed by atoms with Crippen LogP contribution in [0.5, 0.6) is 0 Å². The average molecular weight is 412 g/mol. The number of benzene rings is 3. The van der Waals surface area contributed by atoms with Crippen LogP contribution in [0.1, 0.15) is 5.56 Å². The number of carbonyl (C=O) groups excluding carboxylic acids is 1. The first kappa shape index (κ1) is 20.1. The normalized spacial score (nSPS) is 11.2. The lowest BCUT2D eigenvalue weighted by Crippen LogP contribution is -2.18. The molecule has 1 aromatic heterocycles. The molecule has 0 aliphatic heterocycles. The minimum Gasteiger partial charge on any atom is -0.464 e. The zero-order valence-corrected chi connectivity index (χ0v) is 17.1. The van der Waals surface area contributed by atoms with E-state index in [2.05, 4.69) is 22.4 Å². The third-order valence-corrected chi connectivity index (χ3v) is 4.81. The van der Waals surface area contributed by atoms with Crippen LogP contribution >= 0.6 is 0 Å². The number of esters is 1. The van der Waals surface area contributed by atoms with Crippen molar-refractivity contribution in [3.63, 3.8) is 0 Å². The molecule has 0 bridgehead atoms. The molecule has 0 aliphatic rings. The van der Waals surface area contributed by atoms with E-state index in [4.69, 9.17) is 14.1 Å². The molecule has 6 heteroatoms. The van der Waals surface area contributed by atoms with Crippen molar-refractivity contribution in [1.29, 1.82) is 0 Å². The Morgan fingerprint density at radius 3 is 2.19 bits per heavy atom. The van der Waals surface area contributed by atoms with Gasteiger partial charge in [0.15, 0.2) is 11.5 Å². The fraction of sp³-hybridized carbons (Fsp3) is 0.0800. The van der Waals surface area contributed by atoms with Crippen molar-refractivity contribution in [3.8, 4) is 33.7 Å². The smallest absolute Gasteiger partial charge is 0.360 e. The lowest BCUT2D eigenvalue weighted by Gasteiger charge is -2.08. The van der Waals surface area contributed by atoms with Crippen molar-refractivity contribution in [3.05, 3.63) is 90.5 Å². The predicted octanol–water partition coefficient (Wildman–Crippen LogP) is 5.20. The molecule has 6 nitrogen and oxygen atoms in total. The van der Waals surface area contributed by atoms with Gasteiger partial charge in [-0.3, -0.25) is 0 Å². The van der Waals surface area contributed by atoms with Gasteiger partial charge in [-0.05, 0) is 11.1 Å². The minimum absolute atomic E-state index is 0.0531. The fourth-order valence-corrected chi connectivity index (χ4v) is 3.29. The summed E-state index contributed by atoms with van der Waals surface area (Å²) >= 11 is 0. The van der Waals surface area contributed by atoms with Crippen LogP contribution in [0.4, 0.5) is 0 Å². The topological polar surface area (TPSA) is 73.9 Å². The highest BCUT2D eigenvalue weighted by molar-refractivity contribution is 6.44. The molecule has 31 heavy (non-hydrogen) atoms. The maximum atomic E-state index is 12.2. The summed E-state index contributed by atoms with van der Waals surface area (Å²) in [5.74, 6) is 0.0160. The molecule has 3 aromatic carbocycles. The number of carbonyl (C=O) groups is 1. The molecule has 0 saturated heterocycles. The maximum Gasteiger partial charge on any atom is 0.360 e. The second-order valence-electron chi connectivity index (χ2n) is 6.68. The van der Waals surface area contributed by atoms with Crippen LogP contribution in [0.3, 0.4) is 0 Å². The van der Waals surface area contributed by atoms with E-state index < -0.39 is 5.97 Å². The van der Waals surface area contributed by atoms with E-state index >= 15 is 0 Å². The van der Waals surface area contributed by atoms with Gasteiger partial charge >= 0.3 is 5.97 Å². The Balaban J connectivity index is 1.67. The molecule has 0 saturated carbocycles. The van der Waals surface area contributed by atoms with Crippen LogP contribution < -0.4 is 0 Å². The number of rotatable bonds is 6. The molecule has 0 atom stereocenters. The number of nitrogens with zero attached hydrogens (tertiary/aromatic N) is 2. The maximum absolute atomic E-state index is 12.2. The largest absolute Gasteiger partial charge is 0.464 e. The molecular weight excluding hydrogens is 392 g/mol. The summed E-state index contributed by atoms with van der Waals surface area (Å²) in [5.41, 5.74) is 5.01. The van der Waals surface area contributed by atoms with Gasteiger partial charge in [0.2, 0.25) is 0 Å². The van der Waals surface area contributed by atoms with Crippen molar-refractivity contribution < 1.29 is 18.9 Å². The van der Waals surface area contributed by atoms with Crippen LogP contribution in [0.25, 0.3) is 33.7 Å². The van der Waals surface area contributed by atoms with Crippen LogP contribution in [0, 0.1) is 0 Å². The van der Waals surface area contributed by atoms with Gasteiger partial charge in [-0.15, -0.1) is 0 Å². The fourth-order valence-electron chi connectivity index (χ4n) is 3.29. The zero-order chi connectivity index (χ0) is 21.6. The van der Waals surface area contributed by atoms with Gasteiger partial charge in [0.05, 0.1) is 7.11 Å². The lowest BCUT2D eigenvalue weighted by atomic mass is 9.99. The average Bonchev–Trinajstić information content (AvgIpc) is 3.33. The van der Waals surface area contributed by atoms with E-state index in [-0.39, 0.29) is 5.71 Å². The summed E-state index contributed by atoms with van der Waals surface area (Å²) in [4.78, 5) is 17.0. The monoisotopic (exact) mass is 412 g/mol. The highest BCUT2D eigenvalue weighted by Gasteiger charge is 2.21. The lowest BCUT2D eigenvalue weighted by molar-refractivity contribution is -0.132. The van der Waals surface area contributed by atoms with E-state index in [9.17, 15) is 4.79 Å². The first-order valence-corrected chi connectivity index (χ1v) is 9.63. The van der Waals surface area contributed by atoms with E-state index in [0.717, 1.165) is 16.7 Å². The third-order valence-electron chi connectivity index (χ3n) is 4.81. The minimum atomic E-state index is -0.602. The zero-order valence-electron chi connectivity index (χ0n) is 17.1. The van der Waals surface area contributed by atoms with Gasteiger partial charge in [0.25, 0.3) is 0 Å². The van der Waals surface area contributed by atoms with Crippen LogP contribution in [0.15, 0.2) is 94.6 Å². The number of methoxy groups -OCH3 is 1. The molecule has 154 valence electrons. The van der Waals surface area contributed by atoms with E-state index in [1.54, 1.807) is 12.1 Å². The summed E-state index contributed by atoms with van der Waals surface area (Å²) < 4.78 is 10.4. The van der Waals surface area contributed by atoms with Gasteiger partial charge in [-0.1, -0.05) is 89.2 Å². The molecule has 0 radical (unpaired) electrons. The quantitative estimate of drug-likeness (QED) is 0.247. The van der Waals surface area contributed by atoms with E-state index in [1.807, 2.05) is 60.7 Å². The molecule has 0 amide bonds. The molecule has 4 aromatic rings. The van der Waals surface area contributed by atoms with Crippen molar-refractivity contribution in [1.82, 2.24) is 5.16 Å². The number of oxime groups is 1. The highest BCUT2D eigenvalue weighted by atomic mass is 16.6.